The van der Waals surface area contributed by atoms with E-state index in [0.717, 1.165) is 81.3 Å². The minimum atomic E-state index is -0.776. The Bertz CT molecular complexity index is 1350. The SMILES string of the molecule is CCCCCCC(C#N)(CCCN(C)CCc1ccccc1OC1CN(NC(C)=O)CCC1CO[N+](=O)[O-])c1ccc(OC)c(OC)c1. The van der Waals surface area contributed by atoms with Crippen molar-refractivity contribution in [3.8, 4) is 23.3 Å². The number of hydrogen-bond acceptors (Lipinski definition) is 10. The fourth-order valence-corrected chi connectivity index (χ4v) is 6.41. The summed E-state index contributed by atoms with van der Waals surface area (Å²) in [5.41, 5.74) is 4.19. The third-order valence-corrected chi connectivity index (χ3v) is 9.17. The monoisotopic (exact) mass is 667 g/mol. The number of piperidine rings is 1. The van der Waals surface area contributed by atoms with Crippen molar-refractivity contribution in [2.45, 2.75) is 83.2 Å². The van der Waals surface area contributed by atoms with Crippen LogP contribution in [-0.2, 0) is 21.5 Å². The minimum absolute atomic E-state index is 0.0669. The summed E-state index contributed by atoms with van der Waals surface area (Å²) in [6, 6.07) is 16.4. The van der Waals surface area contributed by atoms with Crippen LogP contribution in [0.1, 0.15) is 76.3 Å². The highest BCUT2D eigenvalue weighted by Crippen LogP contribution is 2.39. The van der Waals surface area contributed by atoms with Gasteiger partial charge in [0, 0.05) is 25.9 Å². The first-order valence-electron chi connectivity index (χ1n) is 17.0. The maximum atomic E-state index is 11.7. The van der Waals surface area contributed by atoms with Crippen LogP contribution in [0, 0.1) is 27.4 Å². The standard InChI is InChI=1S/C36H53N5O7/c1-6-7-8-11-19-36(27-37,31-15-16-33(45-4)34(24-31)46-5)20-12-21-39(3)22-17-29-13-9-10-14-32(29)48-35-25-40(38-28(2)42)23-18-30(35)26-47-41(43)44/h9-10,13-16,24,30,35H,6-8,11-12,17-23,25-26H2,1-5H3,(H,38,42). The number of nitrogens with one attached hydrogen (secondary N) is 1. The van der Waals surface area contributed by atoms with Gasteiger partial charge in [-0.05, 0) is 75.0 Å². The van der Waals surface area contributed by atoms with Gasteiger partial charge < -0.3 is 23.9 Å². The molecule has 0 aromatic heterocycles. The zero-order valence-electron chi connectivity index (χ0n) is 29.2. The smallest absolute Gasteiger partial charge is 0.294 e. The lowest BCUT2D eigenvalue weighted by Gasteiger charge is -2.38. The van der Waals surface area contributed by atoms with Gasteiger partial charge in [-0.25, -0.2) is 5.01 Å². The van der Waals surface area contributed by atoms with Gasteiger partial charge >= 0.3 is 0 Å². The van der Waals surface area contributed by atoms with Gasteiger partial charge in [-0.15, -0.1) is 10.1 Å². The van der Waals surface area contributed by atoms with Gasteiger partial charge in [-0.2, -0.15) is 5.26 Å². The Morgan fingerprint density at radius 3 is 2.52 bits per heavy atom. The van der Waals surface area contributed by atoms with Gasteiger partial charge in [0.25, 0.3) is 5.09 Å². The summed E-state index contributed by atoms with van der Waals surface area (Å²) in [4.78, 5) is 29.6. The molecule has 48 heavy (non-hydrogen) atoms. The molecule has 1 N–H and O–H groups in total. The van der Waals surface area contributed by atoms with E-state index in [0.29, 0.717) is 31.0 Å². The second kappa shape index (κ2) is 19.7. The van der Waals surface area contributed by atoms with E-state index in [1.54, 1.807) is 19.2 Å². The number of rotatable bonds is 21. The van der Waals surface area contributed by atoms with Crippen LogP contribution in [0.15, 0.2) is 42.5 Å². The molecule has 3 unspecified atom stereocenters. The van der Waals surface area contributed by atoms with Gasteiger partial charge in [-0.3, -0.25) is 10.2 Å². The molecule has 2 aromatic carbocycles. The number of methoxy groups -OCH3 is 2. The molecule has 12 heteroatoms. The first-order chi connectivity index (χ1) is 23.1. The van der Waals surface area contributed by atoms with E-state index in [9.17, 15) is 20.2 Å². The van der Waals surface area contributed by atoms with Crippen LogP contribution in [0.3, 0.4) is 0 Å². The number of hydrogen-bond donors (Lipinski definition) is 1. The summed E-state index contributed by atoms with van der Waals surface area (Å²) in [6.07, 6.45) is 7.68. The van der Waals surface area contributed by atoms with E-state index in [1.165, 1.54) is 6.92 Å². The van der Waals surface area contributed by atoms with Crippen molar-refractivity contribution in [1.29, 1.82) is 5.26 Å². The molecular formula is C36H53N5O7. The molecule has 1 aliphatic heterocycles. The summed E-state index contributed by atoms with van der Waals surface area (Å²) < 4.78 is 17.5. The van der Waals surface area contributed by atoms with E-state index in [1.807, 2.05) is 42.5 Å². The van der Waals surface area contributed by atoms with Crippen molar-refractivity contribution in [1.82, 2.24) is 15.3 Å². The summed E-state index contributed by atoms with van der Waals surface area (Å²) in [5.74, 6) is 1.62. The van der Waals surface area contributed by atoms with Crippen molar-refractivity contribution in [3.05, 3.63) is 63.7 Å². The number of carbonyl (C=O) groups excluding carboxylic acids is 1. The molecule has 0 radical (unpaired) electrons. The van der Waals surface area contributed by atoms with Gasteiger partial charge in [-0.1, -0.05) is 56.9 Å². The summed E-state index contributed by atoms with van der Waals surface area (Å²) >= 11 is 0. The number of para-hydroxylation sites is 1. The molecule has 1 aliphatic rings. The number of ether oxygens (including phenoxy) is 3. The van der Waals surface area contributed by atoms with Crippen LogP contribution in [0.25, 0.3) is 0 Å². The largest absolute Gasteiger partial charge is 0.493 e. The van der Waals surface area contributed by atoms with Crippen molar-refractivity contribution in [2.75, 3.05) is 54.1 Å². The van der Waals surface area contributed by atoms with Crippen molar-refractivity contribution in [2.24, 2.45) is 5.92 Å². The molecule has 1 amide bonds. The van der Waals surface area contributed by atoms with Crippen LogP contribution < -0.4 is 19.6 Å². The number of amides is 1. The van der Waals surface area contributed by atoms with E-state index in [-0.39, 0.29) is 18.4 Å². The first kappa shape index (κ1) is 38.4. The highest BCUT2D eigenvalue weighted by Gasteiger charge is 2.34. The Morgan fingerprint density at radius 1 is 1.08 bits per heavy atom. The van der Waals surface area contributed by atoms with Crippen molar-refractivity contribution in [3.63, 3.8) is 0 Å². The fourth-order valence-electron chi connectivity index (χ4n) is 6.41. The second-order valence-corrected chi connectivity index (χ2v) is 12.7. The zero-order chi connectivity index (χ0) is 34.9. The van der Waals surface area contributed by atoms with Crippen LogP contribution in [0.2, 0.25) is 0 Å². The van der Waals surface area contributed by atoms with Crippen LogP contribution in [-0.4, -0.2) is 81.1 Å². The maximum absolute atomic E-state index is 11.7. The Hall–Kier alpha value is -4.08. The summed E-state index contributed by atoms with van der Waals surface area (Å²) in [6.45, 7) is 6.12. The number of carbonyl (C=O) groups is 1. The van der Waals surface area contributed by atoms with Crippen molar-refractivity contribution < 1.29 is 28.9 Å². The lowest BCUT2D eigenvalue weighted by Crippen LogP contribution is -2.54. The number of nitriles is 1. The van der Waals surface area contributed by atoms with Crippen molar-refractivity contribution >= 4 is 5.91 Å². The maximum Gasteiger partial charge on any atom is 0.294 e. The molecule has 0 saturated carbocycles. The van der Waals surface area contributed by atoms with Crippen LogP contribution in [0.4, 0.5) is 0 Å². The number of unbranched alkanes of at least 4 members (excludes halogenated alkanes) is 3. The predicted molar refractivity (Wildman–Crippen MR) is 183 cm³/mol. The molecular weight excluding hydrogens is 614 g/mol. The lowest BCUT2D eigenvalue weighted by molar-refractivity contribution is -0.759. The van der Waals surface area contributed by atoms with E-state index < -0.39 is 16.6 Å². The Morgan fingerprint density at radius 2 is 1.83 bits per heavy atom. The second-order valence-electron chi connectivity index (χ2n) is 12.7. The number of nitrogens with zero attached hydrogens (tertiary/aromatic N) is 4. The average molecular weight is 668 g/mol. The van der Waals surface area contributed by atoms with Crippen LogP contribution in [0.5, 0.6) is 17.2 Å². The molecule has 0 bridgehead atoms. The average Bonchev–Trinajstić information content (AvgIpc) is 3.08. The Kier molecular flexibility index (Phi) is 15.7. The Labute approximate surface area is 285 Å². The number of likely N-dealkylation sites (N-methyl/N-ethyl adjacent to an activating group) is 1. The van der Waals surface area contributed by atoms with Gasteiger partial charge in [0.2, 0.25) is 5.91 Å². The molecule has 1 fully saturated rings. The molecule has 264 valence electrons. The fraction of sp³-hybridized carbons (Fsp3) is 0.611. The zero-order valence-corrected chi connectivity index (χ0v) is 29.2. The third-order valence-electron chi connectivity index (χ3n) is 9.17. The predicted octanol–water partition coefficient (Wildman–Crippen LogP) is 5.72. The van der Waals surface area contributed by atoms with E-state index in [2.05, 4.69) is 30.4 Å². The van der Waals surface area contributed by atoms with Gasteiger partial charge in [0.05, 0.1) is 32.2 Å². The highest BCUT2D eigenvalue weighted by molar-refractivity contribution is 5.72. The topological polar surface area (TPSA) is 139 Å². The molecule has 3 rings (SSSR count). The molecule has 3 atom stereocenters. The molecule has 1 heterocycles. The summed E-state index contributed by atoms with van der Waals surface area (Å²) in [7, 11) is 5.32. The lowest BCUT2D eigenvalue weighted by atomic mass is 9.74. The molecule has 1 saturated heterocycles. The number of hydrazine groups is 1. The molecule has 2 aromatic rings. The number of benzene rings is 2. The minimum Gasteiger partial charge on any atom is -0.493 e. The Balaban J connectivity index is 1.65. The molecule has 0 spiro atoms. The molecule has 0 aliphatic carbocycles. The van der Waals surface area contributed by atoms with E-state index >= 15 is 0 Å². The first-order valence-corrected chi connectivity index (χ1v) is 17.0. The highest BCUT2D eigenvalue weighted by atomic mass is 16.9. The van der Waals surface area contributed by atoms with Crippen LogP contribution >= 0.6 is 0 Å². The van der Waals surface area contributed by atoms with Gasteiger partial charge in [0.15, 0.2) is 11.5 Å². The van der Waals surface area contributed by atoms with Gasteiger partial charge in [0.1, 0.15) is 18.5 Å². The quantitative estimate of drug-likeness (QED) is 0.0999. The third kappa shape index (κ3) is 11.6. The normalized spacial score (nSPS) is 17.6. The van der Waals surface area contributed by atoms with E-state index in [4.69, 9.17) is 19.0 Å². The molecule has 12 nitrogen and oxygen atoms in total. The summed E-state index contributed by atoms with van der Waals surface area (Å²) in [5, 5.41) is 22.5.